The molecule has 2 aromatic carbocycles. The Morgan fingerprint density at radius 2 is 1.81 bits per heavy atom. The highest BCUT2D eigenvalue weighted by Gasteiger charge is 2.44. The molecule has 0 aliphatic carbocycles. The van der Waals surface area contributed by atoms with E-state index in [0.717, 1.165) is 4.90 Å². The van der Waals surface area contributed by atoms with Crippen molar-refractivity contribution in [3.63, 3.8) is 0 Å². The van der Waals surface area contributed by atoms with Gasteiger partial charge in [0.2, 0.25) is 11.8 Å². The molecule has 1 N–H and O–H groups in total. The second-order valence-corrected chi connectivity index (χ2v) is 7.12. The number of carbonyl (C=O) groups excluding carboxylic acids is 4. The van der Waals surface area contributed by atoms with E-state index in [4.69, 9.17) is 4.74 Å². The Kier molecular flexibility index (Phi) is 6.54. The normalized spacial score (nSPS) is 15.8. The lowest BCUT2D eigenvalue weighted by atomic mass is 10.2. The Morgan fingerprint density at radius 3 is 2.48 bits per heavy atom. The lowest BCUT2D eigenvalue weighted by molar-refractivity contribution is -0.137. The van der Waals surface area contributed by atoms with E-state index in [2.05, 4.69) is 5.32 Å². The maximum atomic E-state index is 12.8. The molecule has 0 bridgehead atoms. The fourth-order valence-corrected chi connectivity index (χ4v) is 3.26. The number of amides is 5. The number of rotatable bonds is 7. The van der Waals surface area contributed by atoms with Crippen molar-refractivity contribution in [1.82, 2.24) is 9.80 Å². The lowest BCUT2D eigenvalue weighted by Gasteiger charge is -2.21. The SMILES string of the molecule is COc1cccc(NC(=O)CN(C)C(=O)CN2C(=O)[C@H](C)N(c3ccccc3)C2=O)c1. The number of nitrogens with zero attached hydrogens (tertiary/aromatic N) is 3. The summed E-state index contributed by atoms with van der Waals surface area (Å²) >= 11 is 0. The number of anilines is 2. The van der Waals surface area contributed by atoms with Crippen molar-refractivity contribution in [2.75, 3.05) is 37.5 Å². The average Bonchev–Trinajstić information content (AvgIpc) is 2.97. The van der Waals surface area contributed by atoms with Crippen LogP contribution in [0.15, 0.2) is 54.6 Å². The number of benzene rings is 2. The van der Waals surface area contributed by atoms with E-state index in [9.17, 15) is 19.2 Å². The van der Waals surface area contributed by atoms with Gasteiger partial charge in [0.1, 0.15) is 18.3 Å². The second kappa shape index (κ2) is 9.29. The van der Waals surface area contributed by atoms with Crippen LogP contribution in [0.3, 0.4) is 0 Å². The molecule has 1 aliphatic rings. The molecule has 1 saturated heterocycles. The molecule has 162 valence electrons. The molecule has 5 amide bonds. The Balaban J connectivity index is 1.60. The minimum atomic E-state index is -0.718. The minimum absolute atomic E-state index is 0.232. The third kappa shape index (κ3) is 4.82. The van der Waals surface area contributed by atoms with Gasteiger partial charge in [-0.15, -0.1) is 0 Å². The Hall–Kier alpha value is -3.88. The first-order chi connectivity index (χ1) is 14.8. The van der Waals surface area contributed by atoms with E-state index < -0.39 is 36.3 Å². The van der Waals surface area contributed by atoms with Crippen molar-refractivity contribution in [2.45, 2.75) is 13.0 Å². The summed E-state index contributed by atoms with van der Waals surface area (Å²) < 4.78 is 5.11. The van der Waals surface area contributed by atoms with Gasteiger partial charge in [-0.3, -0.25) is 24.2 Å². The number of methoxy groups -OCH3 is 1. The molecule has 31 heavy (non-hydrogen) atoms. The van der Waals surface area contributed by atoms with Gasteiger partial charge in [-0.2, -0.15) is 0 Å². The van der Waals surface area contributed by atoms with Gasteiger partial charge < -0.3 is 15.0 Å². The van der Waals surface area contributed by atoms with Gasteiger partial charge in [-0.05, 0) is 31.2 Å². The molecule has 0 spiro atoms. The third-order valence-corrected chi connectivity index (χ3v) is 4.94. The number of ether oxygens (including phenoxy) is 1. The van der Waals surface area contributed by atoms with Gasteiger partial charge in [0.25, 0.3) is 5.91 Å². The monoisotopic (exact) mass is 424 g/mol. The van der Waals surface area contributed by atoms with E-state index in [1.54, 1.807) is 55.5 Å². The smallest absolute Gasteiger partial charge is 0.332 e. The van der Waals surface area contributed by atoms with E-state index >= 15 is 0 Å². The first-order valence-electron chi connectivity index (χ1n) is 9.69. The molecule has 1 heterocycles. The number of para-hydroxylation sites is 1. The second-order valence-electron chi connectivity index (χ2n) is 7.12. The van der Waals surface area contributed by atoms with Crippen molar-refractivity contribution >= 4 is 35.1 Å². The molecule has 9 heteroatoms. The zero-order valence-corrected chi connectivity index (χ0v) is 17.6. The highest BCUT2D eigenvalue weighted by atomic mass is 16.5. The topological polar surface area (TPSA) is 99.3 Å². The number of imide groups is 1. The quantitative estimate of drug-likeness (QED) is 0.685. The van der Waals surface area contributed by atoms with Gasteiger partial charge in [0.15, 0.2) is 0 Å². The zero-order chi connectivity index (χ0) is 22.5. The lowest BCUT2D eigenvalue weighted by Crippen LogP contribution is -2.44. The Bertz CT molecular complexity index is 994. The number of likely N-dealkylation sites (N-methyl/N-ethyl adjacent to an activating group) is 1. The molecular weight excluding hydrogens is 400 g/mol. The van der Waals surface area contributed by atoms with Crippen molar-refractivity contribution in [3.8, 4) is 5.75 Å². The molecule has 0 unspecified atom stereocenters. The molecule has 0 saturated carbocycles. The standard InChI is InChI=1S/C22H24N4O5/c1-15-21(29)25(22(30)26(15)17-9-5-4-6-10-17)14-20(28)24(2)13-19(27)23-16-8-7-11-18(12-16)31-3/h4-12,15H,13-14H2,1-3H3,(H,23,27)/t15-/m0/s1. The number of hydrogen-bond donors (Lipinski definition) is 1. The van der Waals surface area contributed by atoms with E-state index in [-0.39, 0.29) is 6.54 Å². The van der Waals surface area contributed by atoms with Gasteiger partial charge in [0, 0.05) is 24.5 Å². The van der Waals surface area contributed by atoms with Crippen LogP contribution in [0.25, 0.3) is 0 Å². The fourth-order valence-electron chi connectivity index (χ4n) is 3.26. The van der Waals surface area contributed by atoms with Gasteiger partial charge >= 0.3 is 6.03 Å². The number of nitrogens with one attached hydrogen (secondary N) is 1. The van der Waals surface area contributed by atoms with Crippen molar-refractivity contribution in [3.05, 3.63) is 54.6 Å². The molecule has 1 aliphatic heterocycles. The van der Waals surface area contributed by atoms with Crippen molar-refractivity contribution in [1.29, 1.82) is 0 Å². The molecule has 0 radical (unpaired) electrons. The van der Waals surface area contributed by atoms with E-state index in [1.165, 1.54) is 24.0 Å². The highest BCUT2D eigenvalue weighted by Crippen LogP contribution is 2.25. The Morgan fingerprint density at radius 1 is 1.10 bits per heavy atom. The summed E-state index contributed by atoms with van der Waals surface area (Å²) in [7, 11) is 2.96. The number of urea groups is 1. The molecular formula is C22H24N4O5. The third-order valence-electron chi connectivity index (χ3n) is 4.94. The summed E-state index contributed by atoms with van der Waals surface area (Å²) in [5.74, 6) is -0.811. The van der Waals surface area contributed by atoms with Crippen LogP contribution in [0.5, 0.6) is 5.75 Å². The minimum Gasteiger partial charge on any atom is -0.497 e. The fraction of sp³-hybridized carbons (Fsp3) is 0.273. The largest absolute Gasteiger partial charge is 0.497 e. The van der Waals surface area contributed by atoms with Crippen LogP contribution in [0.4, 0.5) is 16.2 Å². The maximum Gasteiger partial charge on any atom is 0.332 e. The van der Waals surface area contributed by atoms with Gasteiger partial charge in [-0.25, -0.2) is 4.79 Å². The van der Waals surface area contributed by atoms with Crippen LogP contribution in [-0.2, 0) is 14.4 Å². The molecule has 3 rings (SSSR count). The number of carbonyl (C=O) groups is 4. The van der Waals surface area contributed by atoms with Crippen LogP contribution in [0, 0.1) is 0 Å². The summed E-state index contributed by atoms with van der Waals surface area (Å²) in [4.78, 5) is 53.7. The summed E-state index contributed by atoms with van der Waals surface area (Å²) in [5.41, 5.74) is 1.11. The van der Waals surface area contributed by atoms with Crippen LogP contribution < -0.4 is 15.0 Å². The van der Waals surface area contributed by atoms with Crippen LogP contribution in [-0.4, -0.2) is 66.8 Å². The first-order valence-corrected chi connectivity index (χ1v) is 9.69. The summed E-state index contributed by atoms with van der Waals surface area (Å²) in [6.07, 6.45) is 0. The predicted molar refractivity (Wildman–Crippen MR) is 115 cm³/mol. The maximum absolute atomic E-state index is 12.8. The molecule has 0 aromatic heterocycles. The van der Waals surface area contributed by atoms with Gasteiger partial charge in [0.05, 0.1) is 13.7 Å². The highest BCUT2D eigenvalue weighted by molar-refractivity contribution is 6.15. The average molecular weight is 424 g/mol. The molecule has 2 aromatic rings. The predicted octanol–water partition coefficient (Wildman–Crippen LogP) is 1.95. The molecule has 9 nitrogen and oxygen atoms in total. The summed E-state index contributed by atoms with van der Waals surface area (Å²) in [6, 6.07) is 14.3. The van der Waals surface area contributed by atoms with Crippen molar-refractivity contribution < 1.29 is 23.9 Å². The zero-order valence-electron chi connectivity index (χ0n) is 17.6. The molecule has 1 atom stereocenters. The van der Waals surface area contributed by atoms with E-state index in [1.807, 2.05) is 6.07 Å². The molecule has 1 fully saturated rings. The summed E-state index contributed by atoms with van der Waals surface area (Å²) in [5, 5.41) is 2.68. The Labute approximate surface area is 180 Å². The summed E-state index contributed by atoms with van der Waals surface area (Å²) in [6.45, 7) is 0.946. The number of hydrogen-bond acceptors (Lipinski definition) is 5. The van der Waals surface area contributed by atoms with Crippen LogP contribution in [0.2, 0.25) is 0 Å². The van der Waals surface area contributed by atoms with Crippen molar-refractivity contribution in [2.24, 2.45) is 0 Å². The van der Waals surface area contributed by atoms with Crippen LogP contribution in [0.1, 0.15) is 6.92 Å². The first kappa shape index (κ1) is 21.8. The van der Waals surface area contributed by atoms with E-state index in [0.29, 0.717) is 17.1 Å². The van der Waals surface area contributed by atoms with Gasteiger partial charge in [-0.1, -0.05) is 24.3 Å². The van der Waals surface area contributed by atoms with Crippen LogP contribution >= 0.6 is 0 Å².